The summed E-state index contributed by atoms with van der Waals surface area (Å²) in [5.41, 5.74) is 18.5. The summed E-state index contributed by atoms with van der Waals surface area (Å²) in [7, 11) is 1.77. The number of aryl methyl sites for hydroxylation is 2. The molecule has 1 atom stereocenters. The molecule has 1 fully saturated rings. The van der Waals surface area contributed by atoms with Crippen LogP contribution in [0.5, 0.6) is 0 Å². The number of nitrogens with one attached hydrogen (secondary N) is 2. The lowest BCUT2D eigenvalue weighted by atomic mass is 9.91. The molecule has 19 heteroatoms. The molecule has 0 aliphatic carbocycles. The first-order valence-corrected chi connectivity index (χ1v) is 25.8. The zero-order valence-electron chi connectivity index (χ0n) is 42.6. The van der Waals surface area contributed by atoms with Gasteiger partial charge in [0.2, 0.25) is 17.7 Å². The third-order valence-corrected chi connectivity index (χ3v) is 13.6. The summed E-state index contributed by atoms with van der Waals surface area (Å²) in [6.45, 7) is 10.5. The second-order valence-electron chi connectivity index (χ2n) is 20.0. The zero-order valence-corrected chi connectivity index (χ0v) is 43.4. The molecule has 1 unspecified atom stereocenters. The fraction of sp³-hybridized carbons (Fsp3) is 0.444. The van der Waals surface area contributed by atoms with Gasteiger partial charge in [-0.15, -0.1) is 11.3 Å². The van der Waals surface area contributed by atoms with E-state index >= 15 is 0 Å². The summed E-state index contributed by atoms with van der Waals surface area (Å²) in [6, 6.07) is 18.1. The predicted octanol–water partition coefficient (Wildman–Crippen LogP) is 9.40. The maximum absolute atomic E-state index is 13.1. The molecule has 3 aromatic heterocycles. The number of carbonyl (C=O) groups excluding carboxylic acids is 4. The van der Waals surface area contributed by atoms with Gasteiger partial charge in [0, 0.05) is 86.2 Å². The Morgan fingerprint density at radius 1 is 0.877 bits per heavy atom. The van der Waals surface area contributed by atoms with E-state index in [1.54, 1.807) is 61.9 Å². The standard InChI is InChI=1S/C32H41F3N8O2.C22H29N3O2S/c1-41-21-27-26-19-22(11-16-28(26)43(30(27)40-41)25-14-12-23(13-15-25)32(33,34)35)31(45)39-17-7-2-3-8-18-42(38)20-24(36)9-5-4-6-10-29(37)44;1-15-20(28-14-24-15)17-9-7-16(8-10-17)13-23-21(27)18-6-5-11-25(18)19(26)12-22(2,3)4/h11-16,19-21H,2-10,17-18,36,38H2,1H3,(H2,37,44)(H,39,45);7-10,14,18H,5-6,11-13H2,1-4H3,(H,23,27)/b24-20-;. The molecule has 15 nitrogen and oxygen atoms in total. The van der Waals surface area contributed by atoms with Crippen LogP contribution in [0.4, 0.5) is 13.2 Å². The molecule has 0 bridgehead atoms. The number of thiazole rings is 1. The van der Waals surface area contributed by atoms with Crippen molar-refractivity contribution < 1.29 is 32.3 Å². The number of hydrogen-bond donors (Lipinski definition) is 5. The van der Waals surface area contributed by atoms with Gasteiger partial charge in [-0.3, -0.25) is 28.4 Å². The SMILES string of the molecule is Cc1ncsc1-c1ccc(CNC(=O)C2CCCN2C(=O)CC(C)(C)C)cc1.Cn1cc2c3cc(C(=O)NCCCCCCN(N)/C=C(\N)CCCCCC(N)=O)ccc3n(-c3ccc(C(F)(F)F)cc3)c2n1. The van der Waals surface area contributed by atoms with E-state index in [2.05, 4.69) is 32.8 Å². The van der Waals surface area contributed by atoms with Crippen molar-refractivity contribution in [2.24, 2.45) is 29.8 Å². The number of aromatic nitrogens is 4. The fourth-order valence-electron chi connectivity index (χ4n) is 8.87. The Bertz CT molecular complexity index is 2850. The van der Waals surface area contributed by atoms with Crippen molar-refractivity contribution >= 4 is 56.9 Å². The number of alkyl halides is 3. The number of nitrogens with two attached hydrogens (primary N) is 3. The number of fused-ring (bicyclic) bond motifs is 3. The molecule has 8 N–H and O–H groups in total. The average Bonchev–Trinajstić information content (AvgIpc) is 4.14. The van der Waals surface area contributed by atoms with Crippen molar-refractivity contribution in [1.29, 1.82) is 0 Å². The van der Waals surface area contributed by atoms with E-state index in [1.165, 1.54) is 17.0 Å². The molecule has 7 rings (SSSR count). The van der Waals surface area contributed by atoms with Crippen LogP contribution in [0, 0.1) is 12.3 Å². The van der Waals surface area contributed by atoms with Gasteiger partial charge in [0.1, 0.15) is 6.04 Å². The Labute approximate surface area is 429 Å². The highest BCUT2D eigenvalue weighted by molar-refractivity contribution is 7.13. The van der Waals surface area contributed by atoms with Crippen LogP contribution in [0.3, 0.4) is 0 Å². The van der Waals surface area contributed by atoms with Gasteiger partial charge in [-0.05, 0) is 111 Å². The molecule has 1 aliphatic rings. The van der Waals surface area contributed by atoms with E-state index < -0.39 is 11.7 Å². The van der Waals surface area contributed by atoms with E-state index in [0.717, 1.165) is 109 Å². The summed E-state index contributed by atoms with van der Waals surface area (Å²) in [5, 5.41) is 13.7. The number of hydrogen-bond acceptors (Lipinski definition) is 10. The number of primary amides is 1. The van der Waals surface area contributed by atoms with E-state index in [0.29, 0.717) is 61.6 Å². The van der Waals surface area contributed by atoms with Crippen molar-refractivity contribution in [3.05, 3.63) is 113 Å². The molecular formula is C54H70F3N11O4S. The number of nitrogens with zero attached hydrogens (tertiary/aromatic N) is 6. The summed E-state index contributed by atoms with van der Waals surface area (Å²) in [6.07, 6.45) is 8.50. The molecule has 4 amide bonds. The molecule has 0 saturated carbocycles. The van der Waals surface area contributed by atoms with E-state index in [4.69, 9.17) is 17.3 Å². The van der Waals surface area contributed by atoms with Crippen LogP contribution in [0.25, 0.3) is 38.1 Å². The third kappa shape index (κ3) is 15.9. The number of allylic oxidation sites excluding steroid dienone is 1. The Kier molecular flexibility index (Phi) is 19.2. The summed E-state index contributed by atoms with van der Waals surface area (Å²) in [4.78, 5) is 56.2. The first kappa shape index (κ1) is 55.6. The van der Waals surface area contributed by atoms with Gasteiger partial charge in [0.25, 0.3) is 5.91 Å². The summed E-state index contributed by atoms with van der Waals surface area (Å²) in [5.74, 6) is 5.58. The van der Waals surface area contributed by atoms with Gasteiger partial charge in [-0.1, -0.05) is 64.3 Å². The molecule has 4 heterocycles. The van der Waals surface area contributed by atoms with Crippen LogP contribution >= 0.6 is 11.3 Å². The number of benzene rings is 3. The molecule has 0 radical (unpaired) electrons. The number of carbonyl (C=O) groups is 4. The molecule has 3 aromatic carbocycles. The molecule has 1 saturated heterocycles. The maximum Gasteiger partial charge on any atom is 0.416 e. The number of hydrazine groups is 1. The molecule has 73 heavy (non-hydrogen) atoms. The average molecular weight is 1030 g/mol. The minimum absolute atomic E-state index is 0.0536. The van der Waals surface area contributed by atoms with Crippen molar-refractivity contribution in [1.82, 2.24) is 39.9 Å². The Hall–Kier alpha value is -6.73. The van der Waals surface area contributed by atoms with Crippen molar-refractivity contribution in [3.63, 3.8) is 0 Å². The number of amides is 4. The number of unbranched alkanes of at least 4 members (excludes halogenated alkanes) is 5. The van der Waals surface area contributed by atoms with Gasteiger partial charge in [-0.2, -0.15) is 18.3 Å². The maximum atomic E-state index is 13.1. The van der Waals surface area contributed by atoms with Crippen molar-refractivity contribution in [2.75, 3.05) is 19.6 Å². The topological polar surface area (TPSA) is 213 Å². The number of rotatable bonds is 21. The van der Waals surface area contributed by atoms with E-state index in [1.807, 2.05) is 51.5 Å². The minimum Gasteiger partial charge on any atom is -0.401 e. The molecular weight excluding hydrogens is 956 g/mol. The normalized spacial score (nSPS) is 14.1. The zero-order chi connectivity index (χ0) is 52.9. The first-order valence-electron chi connectivity index (χ1n) is 24.9. The van der Waals surface area contributed by atoms with Crippen molar-refractivity contribution in [3.8, 4) is 16.1 Å². The lowest BCUT2D eigenvalue weighted by Crippen LogP contribution is -2.46. The Balaban J connectivity index is 0.000000265. The summed E-state index contributed by atoms with van der Waals surface area (Å²) >= 11 is 1.63. The second kappa shape index (κ2) is 25.3. The quantitative estimate of drug-likeness (QED) is 0.0264. The van der Waals surface area contributed by atoms with Crippen LogP contribution in [0.15, 0.2) is 90.3 Å². The van der Waals surface area contributed by atoms with Crippen LogP contribution < -0.4 is 27.9 Å². The van der Waals surface area contributed by atoms with Gasteiger partial charge in [-0.25, -0.2) is 10.8 Å². The van der Waals surface area contributed by atoms with Crippen LogP contribution in [-0.4, -0.2) is 78.5 Å². The second-order valence-corrected chi connectivity index (χ2v) is 20.8. The van der Waals surface area contributed by atoms with Crippen LogP contribution in [0.1, 0.15) is 125 Å². The first-order chi connectivity index (χ1) is 34.7. The summed E-state index contributed by atoms with van der Waals surface area (Å²) < 4.78 is 42.8. The van der Waals surface area contributed by atoms with Crippen LogP contribution in [-0.2, 0) is 34.2 Å². The number of halogens is 3. The number of likely N-dealkylation sites (tertiary alicyclic amines) is 1. The van der Waals surface area contributed by atoms with Gasteiger partial charge in [0.05, 0.1) is 27.2 Å². The fourth-order valence-corrected chi connectivity index (χ4v) is 9.68. The highest BCUT2D eigenvalue weighted by atomic mass is 32.1. The molecule has 392 valence electrons. The van der Waals surface area contributed by atoms with E-state index in [-0.39, 0.29) is 35.1 Å². The Morgan fingerprint density at radius 3 is 2.25 bits per heavy atom. The monoisotopic (exact) mass is 1030 g/mol. The highest BCUT2D eigenvalue weighted by Gasteiger charge is 2.35. The molecule has 6 aromatic rings. The van der Waals surface area contributed by atoms with Gasteiger partial charge in [0.15, 0.2) is 5.65 Å². The smallest absolute Gasteiger partial charge is 0.401 e. The molecule has 1 aliphatic heterocycles. The third-order valence-electron chi connectivity index (χ3n) is 12.6. The van der Waals surface area contributed by atoms with E-state index in [9.17, 15) is 32.3 Å². The van der Waals surface area contributed by atoms with Crippen LogP contribution in [0.2, 0.25) is 0 Å². The predicted molar refractivity (Wildman–Crippen MR) is 282 cm³/mol. The highest BCUT2D eigenvalue weighted by Crippen LogP contribution is 2.35. The lowest BCUT2D eigenvalue weighted by molar-refractivity contribution is -0.139. The van der Waals surface area contributed by atoms with Gasteiger partial charge >= 0.3 is 6.18 Å². The Morgan fingerprint density at radius 2 is 1.58 bits per heavy atom. The lowest BCUT2D eigenvalue weighted by Gasteiger charge is -2.27. The molecule has 0 spiro atoms. The van der Waals surface area contributed by atoms with Gasteiger partial charge < -0.3 is 32.0 Å². The largest absolute Gasteiger partial charge is 0.416 e. The minimum atomic E-state index is -4.42. The van der Waals surface area contributed by atoms with Crippen molar-refractivity contribution in [2.45, 2.75) is 124 Å².